The van der Waals surface area contributed by atoms with Crippen molar-refractivity contribution in [2.24, 2.45) is 29.1 Å². The fourth-order valence-electron chi connectivity index (χ4n) is 7.94. The second kappa shape index (κ2) is 10.9. The van der Waals surface area contributed by atoms with Crippen molar-refractivity contribution in [1.29, 1.82) is 0 Å². The number of carbonyl (C=O) groups excluding carboxylic acids is 2. The maximum Gasteiger partial charge on any atom is 0.270 e. The molecule has 0 saturated heterocycles. The summed E-state index contributed by atoms with van der Waals surface area (Å²) >= 11 is 0. The molecule has 236 valence electrons. The molecule has 0 aromatic carbocycles. The molecule has 1 unspecified atom stereocenters. The third-order valence-electron chi connectivity index (χ3n) is 10.7. The molecule has 44 heavy (non-hydrogen) atoms. The molecule has 5 aliphatic carbocycles. The number of carbonyl (C=O) groups is 2. The van der Waals surface area contributed by atoms with Gasteiger partial charge in [0, 0.05) is 31.5 Å². The molecule has 2 bridgehead atoms. The quantitative estimate of drug-likeness (QED) is 0.287. The molecule has 3 heterocycles. The van der Waals surface area contributed by atoms with Crippen molar-refractivity contribution >= 4 is 17.5 Å². The fraction of sp³-hybridized carbons (Fsp3) is 0.656. The molecule has 0 aliphatic heterocycles. The van der Waals surface area contributed by atoms with E-state index in [4.69, 9.17) is 4.98 Å². The summed E-state index contributed by atoms with van der Waals surface area (Å²) in [4.78, 5) is 31.4. The van der Waals surface area contributed by atoms with E-state index in [2.05, 4.69) is 20.8 Å². The number of nitrogens with zero attached hydrogens (tertiary/aromatic N) is 5. The van der Waals surface area contributed by atoms with Crippen molar-refractivity contribution in [2.45, 2.75) is 95.7 Å². The van der Waals surface area contributed by atoms with Crippen molar-refractivity contribution in [2.75, 3.05) is 6.67 Å². The van der Waals surface area contributed by atoms with Gasteiger partial charge in [-0.1, -0.05) is 0 Å². The predicted octanol–water partition coefficient (Wildman–Crippen LogP) is 5.76. The van der Waals surface area contributed by atoms with Crippen molar-refractivity contribution in [3.63, 3.8) is 0 Å². The minimum absolute atomic E-state index is 0.0283. The molecule has 2 amide bonds. The van der Waals surface area contributed by atoms with Crippen LogP contribution >= 0.6 is 0 Å². The Labute approximate surface area is 254 Å². The van der Waals surface area contributed by atoms with E-state index in [-0.39, 0.29) is 73.5 Å². The van der Waals surface area contributed by atoms with Gasteiger partial charge >= 0.3 is 0 Å². The summed E-state index contributed by atoms with van der Waals surface area (Å²) in [5.74, 6) is -2.51. The van der Waals surface area contributed by atoms with Gasteiger partial charge in [0.1, 0.15) is 5.69 Å². The Kier molecular flexibility index (Phi) is 7.23. The van der Waals surface area contributed by atoms with Crippen LogP contribution in [0.4, 0.5) is 13.2 Å². The predicted molar refractivity (Wildman–Crippen MR) is 156 cm³/mol. The summed E-state index contributed by atoms with van der Waals surface area (Å²) in [5.41, 5.74) is 2.20. The van der Waals surface area contributed by atoms with E-state index in [1.807, 2.05) is 19.9 Å². The second-order valence-corrected chi connectivity index (χ2v) is 14.0. The number of hydrogen-bond acceptors (Lipinski definition) is 5. The number of alkyl halides is 3. The van der Waals surface area contributed by atoms with E-state index < -0.39 is 12.0 Å². The van der Waals surface area contributed by atoms with Crippen LogP contribution in [0.15, 0.2) is 30.7 Å². The SMILES string of the molecule is CC(C)n1nccc1C(=O)N[C@H](c1cn2ncc([C@H](NC(=O)CC34CC(C3)C4CF)C3CC3)cc2n1)C1CCC(F)(F)CC1. The van der Waals surface area contributed by atoms with E-state index >= 15 is 0 Å². The average molecular weight is 612 g/mol. The van der Waals surface area contributed by atoms with Gasteiger partial charge in [0.25, 0.3) is 5.91 Å². The number of aromatic nitrogens is 5. The molecule has 3 aromatic heterocycles. The number of amides is 2. The molecule has 8 rings (SSSR count). The summed E-state index contributed by atoms with van der Waals surface area (Å²) < 4.78 is 44.9. The molecule has 2 N–H and O–H groups in total. The van der Waals surface area contributed by atoms with Gasteiger partial charge in [0.05, 0.1) is 36.8 Å². The largest absolute Gasteiger partial charge is 0.349 e. The molecule has 5 aliphatic rings. The normalized spacial score (nSPS) is 27.4. The standard InChI is InChI=1S/C32H40F3N7O2/c1-18(2)42-25(7-10-36-42)30(44)40-29(20-5-8-32(34,35)9-6-20)24-17-41-26(38-24)11-21(16-37-41)28(19-3-4-19)39-27(43)14-31-12-22(13-31)23(31)15-33/h7,10-11,16-20,22-23,28-29H,3-6,8-9,12-15H2,1-2H3,(H,39,43)(H,40,44)/t22?,23?,28-,29+,31?/m1/s1. The lowest BCUT2D eigenvalue weighted by Crippen LogP contribution is -2.63. The summed E-state index contributed by atoms with van der Waals surface area (Å²) in [6.07, 6.45) is 9.38. The zero-order chi connectivity index (χ0) is 30.8. The fourth-order valence-corrected chi connectivity index (χ4v) is 7.94. The Morgan fingerprint density at radius 3 is 2.41 bits per heavy atom. The summed E-state index contributed by atoms with van der Waals surface area (Å²) in [6.45, 7) is 3.52. The van der Waals surface area contributed by atoms with E-state index in [0.29, 0.717) is 35.3 Å². The lowest BCUT2D eigenvalue weighted by atomic mass is 9.37. The highest BCUT2D eigenvalue weighted by Crippen LogP contribution is 2.70. The minimum Gasteiger partial charge on any atom is -0.349 e. The molecule has 9 nitrogen and oxygen atoms in total. The average Bonchev–Trinajstić information content (AvgIpc) is 3.50. The monoisotopic (exact) mass is 611 g/mol. The molecule has 12 heteroatoms. The van der Waals surface area contributed by atoms with E-state index in [1.54, 1.807) is 33.9 Å². The van der Waals surface area contributed by atoms with Gasteiger partial charge in [0.2, 0.25) is 11.8 Å². The smallest absolute Gasteiger partial charge is 0.270 e. The van der Waals surface area contributed by atoms with Gasteiger partial charge in [-0.15, -0.1) is 0 Å². The van der Waals surface area contributed by atoms with E-state index in [0.717, 1.165) is 31.2 Å². The van der Waals surface area contributed by atoms with Crippen LogP contribution < -0.4 is 10.6 Å². The van der Waals surface area contributed by atoms with Crippen LogP contribution in [-0.2, 0) is 4.79 Å². The van der Waals surface area contributed by atoms with Gasteiger partial charge < -0.3 is 10.6 Å². The molecule has 5 fully saturated rings. The van der Waals surface area contributed by atoms with Crippen molar-refractivity contribution in [3.8, 4) is 0 Å². The summed E-state index contributed by atoms with van der Waals surface area (Å²) in [5, 5.41) is 15.2. The van der Waals surface area contributed by atoms with Crippen molar-refractivity contribution in [1.82, 2.24) is 35.0 Å². The highest BCUT2D eigenvalue weighted by Gasteiger charge is 2.65. The number of rotatable bonds is 11. The first-order valence-corrected chi connectivity index (χ1v) is 16.0. The van der Waals surface area contributed by atoms with Gasteiger partial charge in [-0.3, -0.25) is 18.7 Å². The van der Waals surface area contributed by atoms with Crippen LogP contribution in [0, 0.1) is 29.1 Å². The number of nitrogens with one attached hydrogen (secondary N) is 2. The van der Waals surface area contributed by atoms with Crippen molar-refractivity contribution in [3.05, 3.63) is 47.7 Å². The highest BCUT2D eigenvalue weighted by atomic mass is 19.3. The van der Waals surface area contributed by atoms with Gasteiger partial charge in [0.15, 0.2) is 5.65 Å². The van der Waals surface area contributed by atoms with Crippen molar-refractivity contribution < 1.29 is 22.8 Å². The molecule has 0 radical (unpaired) electrons. The van der Waals surface area contributed by atoms with Crippen LogP contribution in [0.1, 0.15) is 112 Å². The Balaban J connectivity index is 1.13. The molecule has 3 atom stereocenters. The Bertz CT molecular complexity index is 1550. The summed E-state index contributed by atoms with van der Waals surface area (Å²) in [6, 6.07) is 2.74. The first-order valence-electron chi connectivity index (χ1n) is 16.0. The molecule has 5 saturated carbocycles. The maximum atomic E-state index is 14.1. The van der Waals surface area contributed by atoms with Crippen LogP contribution in [0.25, 0.3) is 5.65 Å². The number of halogens is 3. The van der Waals surface area contributed by atoms with Crippen LogP contribution in [-0.4, -0.2) is 48.8 Å². The van der Waals surface area contributed by atoms with Crippen LogP contribution in [0.3, 0.4) is 0 Å². The molecular formula is C32H40F3N7O2. The Morgan fingerprint density at radius 2 is 1.77 bits per heavy atom. The first-order chi connectivity index (χ1) is 21.1. The third kappa shape index (κ3) is 5.27. The van der Waals surface area contributed by atoms with Gasteiger partial charge in [-0.25, -0.2) is 18.3 Å². The second-order valence-electron chi connectivity index (χ2n) is 14.0. The number of imidazole rings is 1. The maximum absolute atomic E-state index is 14.1. The third-order valence-corrected chi connectivity index (χ3v) is 10.7. The molecule has 0 spiro atoms. The van der Waals surface area contributed by atoms with E-state index in [9.17, 15) is 22.8 Å². The highest BCUT2D eigenvalue weighted by molar-refractivity contribution is 5.92. The van der Waals surface area contributed by atoms with Crippen LogP contribution in [0.2, 0.25) is 0 Å². The number of hydrogen-bond donors (Lipinski definition) is 2. The lowest BCUT2D eigenvalue weighted by Gasteiger charge is -2.67. The Morgan fingerprint density at radius 1 is 1.05 bits per heavy atom. The lowest BCUT2D eigenvalue weighted by molar-refractivity contribution is -0.202. The zero-order valence-corrected chi connectivity index (χ0v) is 25.2. The van der Waals surface area contributed by atoms with Crippen LogP contribution in [0.5, 0.6) is 0 Å². The summed E-state index contributed by atoms with van der Waals surface area (Å²) in [7, 11) is 0. The number of fused-ring (bicyclic) bond motifs is 1. The molecular weight excluding hydrogens is 571 g/mol. The minimum atomic E-state index is -2.70. The first kappa shape index (κ1) is 29.3. The van der Waals surface area contributed by atoms with Gasteiger partial charge in [-0.2, -0.15) is 10.2 Å². The molecule has 3 aromatic rings. The van der Waals surface area contributed by atoms with Gasteiger partial charge in [-0.05, 0) is 99.2 Å². The topological polar surface area (TPSA) is 106 Å². The zero-order valence-electron chi connectivity index (χ0n) is 25.2. The Hall–Kier alpha value is -3.44. The van der Waals surface area contributed by atoms with E-state index in [1.165, 1.54) is 0 Å².